The minimum absolute atomic E-state index is 0.0332. The number of aromatic nitrogens is 1. The molecule has 3 rings (SSSR count). The van der Waals surface area contributed by atoms with E-state index in [2.05, 4.69) is 10.5 Å². The zero-order chi connectivity index (χ0) is 14.9. The van der Waals surface area contributed by atoms with Crippen LogP contribution in [-0.4, -0.2) is 29.3 Å². The first-order valence-electron chi connectivity index (χ1n) is 7.93. The Labute approximate surface area is 125 Å². The van der Waals surface area contributed by atoms with E-state index in [1.807, 2.05) is 13.8 Å². The molecule has 1 unspecified atom stereocenters. The molecule has 1 saturated heterocycles. The largest absolute Gasteiger partial charge is 0.373 e. The number of ether oxygens (including phenoxy) is 1. The fourth-order valence-corrected chi connectivity index (χ4v) is 3.68. The fourth-order valence-electron chi connectivity index (χ4n) is 3.68. The highest BCUT2D eigenvalue weighted by Gasteiger charge is 2.41. The maximum Gasteiger partial charge on any atom is 0.224 e. The molecule has 5 nitrogen and oxygen atoms in total. The van der Waals surface area contributed by atoms with E-state index in [9.17, 15) is 4.79 Å². The molecule has 1 aromatic heterocycles. The molecule has 2 aliphatic rings. The lowest BCUT2D eigenvalue weighted by Gasteiger charge is -2.32. The highest BCUT2D eigenvalue weighted by molar-refractivity contribution is 5.79. The van der Waals surface area contributed by atoms with Gasteiger partial charge in [0.05, 0.1) is 30.4 Å². The van der Waals surface area contributed by atoms with Crippen molar-refractivity contribution < 1.29 is 14.1 Å². The number of hydrogen-bond donors (Lipinski definition) is 1. The molecule has 116 valence electrons. The first kappa shape index (κ1) is 14.6. The topological polar surface area (TPSA) is 64.4 Å². The number of aryl methyl sites for hydroxylation is 2. The maximum absolute atomic E-state index is 12.2. The quantitative estimate of drug-likeness (QED) is 0.929. The Morgan fingerprint density at radius 2 is 2.10 bits per heavy atom. The Hall–Kier alpha value is -1.36. The van der Waals surface area contributed by atoms with E-state index < -0.39 is 0 Å². The van der Waals surface area contributed by atoms with Gasteiger partial charge in [-0.25, -0.2) is 0 Å². The van der Waals surface area contributed by atoms with Crippen molar-refractivity contribution in [2.45, 2.75) is 70.4 Å². The summed E-state index contributed by atoms with van der Waals surface area (Å²) in [6.45, 7) is 4.36. The van der Waals surface area contributed by atoms with Crippen LogP contribution in [0.1, 0.15) is 55.5 Å². The predicted octanol–water partition coefficient (Wildman–Crippen LogP) is 2.44. The molecular weight excluding hydrogens is 268 g/mol. The van der Waals surface area contributed by atoms with Crippen LogP contribution in [0.3, 0.4) is 0 Å². The lowest BCUT2D eigenvalue weighted by Crippen LogP contribution is -2.38. The van der Waals surface area contributed by atoms with E-state index in [0.717, 1.165) is 36.3 Å². The third-order valence-corrected chi connectivity index (χ3v) is 4.86. The van der Waals surface area contributed by atoms with Crippen LogP contribution in [-0.2, 0) is 16.0 Å². The van der Waals surface area contributed by atoms with Crippen LogP contribution in [0.15, 0.2) is 4.52 Å². The van der Waals surface area contributed by atoms with Crippen LogP contribution in [0.4, 0.5) is 0 Å². The van der Waals surface area contributed by atoms with Crippen LogP contribution >= 0.6 is 0 Å². The van der Waals surface area contributed by atoms with Gasteiger partial charge >= 0.3 is 0 Å². The van der Waals surface area contributed by atoms with E-state index in [0.29, 0.717) is 13.0 Å². The lowest BCUT2D eigenvalue weighted by atomic mass is 9.82. The SMILES string of the molecule is Cc1noc(C)c1CC(=O)NC1COC2(CCCCC2)C1. The van der Waals surface area contributed by atoms with E-state index in [-0.39, 0.29) is 17.6 Å². The van der Waals surface area contributed by atoms with Crippen molar-refractivity contribution >= 4 is 5.91 Å². The monoisotopic (exact) mass is 292 g/mol. The summed E-state index contributed by atoms with van der Waals surface area (Å²) < 4.78 is 11.1. The molecule has 1 aromatic rings. The van der Waals surface area contributed by atoms with Crippen molar-refractivity contribution in [1.82, 2.24) is 10.5 Å². The minimum atomic E-state index is 0.0332. The second-order valence-corrected chi connectivity index (χ2v) is 6.50. The number of nitrogens with one attached hydrogen (secondary N) is 1. The highest BCUT2D eigenvalue weighted by atomic mass is 16.5. The van der Waals surface area contributed by atoms with Crippen molar-refractivity contribution in [2.75, 3.05) is 6.61 Å². The molecule has 1 amide bonds. The van der Waals surface area contributed by atoms with Gasteiger partial charge in [0.1, 0.15) is 5.76 Å². The zero-order valence-corrected chi connectivity index (χ0v) is 12.9. The molecule has 0 aromatic carbocycles. The Balaban J connectivity index is 1.54. The molecule has 21 heavy (non-hydrogen) atoms. The maximum atomic E-state index is 12.2. The van der Waals surface area contributed by atoms with Crippen molar-refractivity contribution in [2.24, 2.45) is 0 Å². The smallest absolute Gasteiger partial charge is 0.224 e. The van der Waals surface area contributed by atoms with Gasteiger partial charge in [0.15, 0.2) is 0 Å². The summed E-state index contributed by atoms with van der Waals surface area (Å²) in [6.07, 6.45) is 7.39. The fraction of sp³-hybridized carbons (Fsp3) is 0.750. The van der Waals surface area contributed by atoms with Crippen LogP contribution in [0, 0.1) is 13.8 Å². The van der Waals surface area contributed by atoms with E-state index in [1.54, 1.807) is 0 Å². The van der Waals surface area contributed by atoms with Gasteiger partial charge in [-0.3, -0.25) is 4.79 Å². The molecule has 1 aliphatic heterocycles. The second kappa shape index (κ2) is 5.79. The summed E-state index contributed by atoms with van der Waals surface area (Å²) in [4.78, 5) is 12.2. The number of carbonyl (C=O) groups is 1. The van der Waals surface area contributed by atoms with E-state index in [1.165, 1.54) is 19.3 Å². The molecule has 1 saturated carbocycles. The normalized spacial score (nSPS) is 24.4. The van der Waals surface area contributed by atoms with Crippen molar-refractivity contribution in [3.05, 3.63) is 17.0 Å². The molecule has 1 atom stereocenters. The Morgan fingerprint density at radius 1 is 1.33 bits per heavy atom. The second-order valence-electron chi connectivity index (χ2n) is 6.50. The standard InChI is InChI=1S/C16H24N2O3/c1-11-14(12(2)21-18-11)8-15(19)17-13-9-16(20-10-13)6-4-3-5-7-16/h13H,3-10H2,1-2H3,(H,17,19). The molecule has 0 bridgehead atoms. The number of nitrogens with zero attached hydrogens (tertiary/aromatic N) is 1. The average molecular weight is 292 g/mol. The van der Waals surface area contributed by atoms with E-state index >= 15 is 0 Å². The average Bonchev–Trinajstić information content (AvgIpc) is 2.98. The van der Waals surface area contributed by atoms with Gasteiger partial charge in [-0.15, -0.1) is 0 Å². The van der Waals surface area contributed by atoms with Crippen LogP contribution in [0.5, 0.6) is 0 Å². The molecule has 1 aliphatic carbocycles. The predicted molar refractivity (Wildman–Crippen MR) is 78.0 cm³/mol. The minimum Gasteiger partial charge on any atom is -0.373 e. The Morgan fingerprint density at radius 3 is 2.76 bits per heavy atom. The van der Waals surface area contributed by atoms with Gasteiger partial charge < -0.3 is 14.6 Å². The van der Waals surface area contributed by atoms with Gasteiger partial charge in [0, 0.05) is 5.56 Å². The van der Waals surface area contributed by atoms with Gasteiger partial charge in [-0.1, -0.05) is 24.4 Å². The molecule has 1 N–H and O–H groups in total. The molecule has 5 heteroatoms. The summed E-state index contributed by atoms with van der Waals surface area (Å²) in [6, 6.07) is 0.149. The Bertz CT molecular complexity index is 498. The summed E-state index contributed by atoms with van der Waals surface area (Å²) >= 11 is 0. The summed E-state index contributed by atoms with van der Waals surface area (Å²) in [5.41, 5.74) is 1.74. The van der Waals surface area contributed by atoms with Crippen molar-refractivity contribution in [3.63, 3.8) is 0 Å². The number of rotatable bonds is 3. The summed E-state index contributed by atoms with van der Waals surface area (Å²) in [7, 11) is 0. The van der Waals surface area contributed by atoms with Crippen LogP contribution < -0.4 is 5.32 Å². The summed E-state index contributed by atoms with van der Waals surface area (Å²) in [5, 5.41) is 7.00. The van der Waals surface area contributed by atoms with Gasteiger partial charge in [0.25, 0.3) is 0 Å². The molecule has 2 fully saturated rings. The van der Waals surface area contributed by atoms with Gasteiger partial charge in [0.2, 0.25) is 5.91 Å². The molecule has 1 spiro atoms. The Kier molecular flexibility index (Phi) is 4.02. The van der Waals surface area contributed by atoms with Crippen LogP contribution in [0.2, 0.25) is 0 Å². The number of amides is 1. The summed E-state index contributed by atoms with van der Waals surface area (Å²) in [5.74, 6) is 0.764. The number of carbonyl (C=O) groups excluding carboxylic acids is 1. The van der Waals surface area contributed by atoms with Crippen molar-refractivity contribution in [3.8, 4) is 0 Å². The highest BCUT2D eigenvalue weighted by Crippen LogP contribution is 2.39. The van der Waals surface area contributed by atoms with Crippen LogP contribution in [0.25, 0.3) is 0 Å². The third kappa shape index (κ3) is 3.12. The first-order chi connectivity index (χ1) is 10.1. The number of hydrogen-bond acceptors (Lipinski definition) is 4. The zero-order valence-electron chi connectivity index (χ0n) is 12.9. The molecule has 2 heterocycles. The van der Waals surface area contributed by atoms with Crippen molar-refractivity contribution in [1.29, 1.82) is 0 Å². The third-order valence-electron chi connectivity index (χ3n) is 4.86. The molecular formula is C16H24N2O3. The molecule has 0 radical (unpaired) electrons. The lowest BCUT2D eigenvalue weighted by molar-refractivity contribution is -0.121. The first-order valence-corrected chi connectivity index (χ1v) is 7.93. The van der Waals surface area contributed by atoms with Gasteiger partial charge in [-0.2, -0.15) is 0 Å². The van der Waals surface area contributed by atoms with E-state index in [4.69, 9.17) is 9.26 Å². The van der Waals surface area contributed by atoms with Gasteiger partial charge in [-0.05, 0) is 33.1 Å².